The van der Waals surface area contributed by atoms with Crippen molar-refractivity contribution >= 4 is 23.2 Å². The molecule has 4 nitrogen and oxygen atoms in total. The molecule has 0 bridgehead atoms. The Balaban J connectivity index is 2.64. The van der Waals surface area contributed by atoms with Crippen LogP contribution >= 0.6 is 11.6 Å². The summed E-state index contributed by atoms with van der Waals surface area (Å²) in [5, 5.41) is 3.15. The molecule has 106 valence electrons. The molecular weight excluding hydrogens is 262 g/mol. The predicted molar refractivity (Wildman–Crippen MR) is 79.2 cm³/mol. The molecule has 0 saturated carbocycles. The van der Waals surface area contributed by atoms with E-state index in [1.165, 1.54) is 0 Å². The Bertz CT molecular complexity index is 414. The molecule has 0 fully saturated rings. The number of nitrogens with two attached hydrogens (primary N) is 1. The fourth-order valence-corrected chi connectivity index (χ4v) is 2.31. The first-order valence-corrected chi connectivity index (χ1v) is 6.92. The highest BCUT2D eigenvalue weighted by atomic mass is 35.5. The van der Waals surface area contributed by atoms with Gasteiger partial charge in [0.15, 0.2) is 5.15 Å². The molecule has 1 aromatic rings. The van der Waals surface area contributed by atoms with E-state index in [-0.39, 0.29) is 11.8 Å². The van der Waals surface area contributed by atoms with Gasteiger partial charge in [-0.15, -0.1) is 0 Å². The van der Waals surface area contributed by atoms with E-state index in [0.29, 0.717) is 29.7 Å². The highest BCUT2D eigenvalue weighted by Gasteiger charge is 2.16. The van der Waals surface area contributed by atoms with Gasteiger partial charge >= 0.3 is 0 Å². The summed E-state index contributed by atoms with van der Waals surface area (Å²) in [6.45, 7) is 6.66. The first-order chi connectivity index (χ1) is 8.93. The first kappa shape index (κ1) is 15.9. The maximum Gasteiger partial charge on any atom is 0.224 e. The molecule has 19 heavy (non-hydrogen) atoms. The van der Waals surface area contributed by atoms with Crippen molar-refractivity contribution in [1.29, 1.82) is 0 Å². The Hall–Kier alpha value is -1.13. The van der Waals surface area contributed by atoms with Crippen molar-refractivity contribution < 1.29 is 4.79 Å². The van der Waals surface area contributed by atoms with Crippen LogP contribution in [0, 0.1) is 18.8 Å². The Kier molecular flexibility index (Phi) is 6.25. The number of anilines is 1. The molecule has 1 aromatic heterocycles. The maximum absolute atomic E-state index is 12.0. The van der Waals surface area contributed by atoms with Crippen LogP contribution < -0.4 is 11.1 Å². The fourth-order valence-electron chi connectivity index (χ4n) is 2.06. The van der Waals surface area contributed by atoms with Gasteiger partial charge in [-0.2, -0.15) is 0 Å². The van der Waals surface area contributed by atoms with Gasteiger partial charge in [-0.25, -0.2) is 4.98 Å². The predicted octanol–water partition coefficient (Wildman–Crippen LogP) is 2.99. The quantitative estimate of drug-likeness (QED) is 0.789. The number of halogens is 1. The largest absolute Gasteiger partial charge is 0.330 e. The molecule has 1 heterocycles. The zero-order valence-corrected chi connectivity index (χ0v) is 12.5. The molecule has 0 aromatic carbocycles. The molecule has 3 N–H and O–H groups in total. The van der Waals surface area contributed by atoms with Gasteiger partial charge in [-0.05, 0) is 43.4 Å². The van der Waals surface area contributed by atoms with Crippen molar-refractivity contribution in [1.82, 2.24) is 4.98 Å². The summed E-state index contributed by atoms with van der Waals surface area (Å²) in [4.78, 5) is 16.0. The third kappa shape index (κ3) is 5.17. The van der Waals surface area contributed by atoms with Crippen LogP contribution in [-0.4, -0.2) is 17.4 Å². The van der Waals surface area contributed by atoms with Crippen LogP contribution in [0.25, 0.3) is 0 Å². The van der Waals surface area contributed by atoms with Gasteiger partial charge in [0.05, 0.1) is 5.69 Å². The van der Waals surface area contributed by atoms with E-state index in [2.05, 4.69) is 24.1 Å². The molecule has 0 aliphatic rings. The van der Waals surface area contributed by atoms with Gasteiger partial charge in [0.2, 0.25) is 5.91 Å². The van der Waals surface area contributed by atoms with Crippen molar-refractivity contribution in [2.75, 3.05) is 11.9 Å². The molecule has 5 heteroatoms. The minimum absolute atomic E-state index is 0.0610. The number of nitrogens with zero attached hydrogens (tertiary/aromatic N) is 1. The molecule has 0 saturated heterocycles. The zero-order valence-electron chi connectivity index (χ0n) is 11.7. The number of nitrogens with one attached hydrogen (secondary N) is 1. The number of hydrogen-bond donors (Lipinski definition) is 2. The second kappa shape index (κ2) is 7.46. The molecule has 1 atom stereocenters. The van der Waals surface area contributed by atoms with Gasteiger partial charge in [-0.3, -0.25) is 4.79 Å². The second-order valence-electron chi connectivity index (χ2n) is 5.28. The van der Waals surface area contributed by atoms with E-state index in [4.69, 9.17) is 17.3 Å². The minimum Gasteiger partial charge on any atom is -0.330 e. The molecule has 0 radical (unpaired) electrons. The Morgan fingerprint density at radius 2 is 2.21 bits per heavy atom. The van der Waals surface area contributed by atoms with Gasteiger partial charge in [0.1, 0.15) is 0 Å². The van der Waals surface area contributed by atoms with Crippen LogP contribution in [0.4, 0.5) is 5.69 Å². The number of rotatable bonds is 6. The summed E-state index contributed by atoms with van der Waals surface area (Å²) in [5.74, 6) is 0.676. The summed E-state index contributed by atoms with van der Waals surface area (Å²) in [5.41, 5.74) is 7.20. The van der Waals surface area contributed by atoms with Crippen LogP contribution in [0.3, 0.4) is 0 Å². The Labute approximate surface area is 119 Å². The monoisotopic (exact) mass is 283 g/mol. The van der Waals surface area contributed by atoms with Gasteiger partial charge < -0.3 is 11.1 Å². The average Bonchev–Trinajstić information content (AvgIpc) is 2.32. The highest BCUT2D eigenvalue weighted by molar-refractivity contribution is 6.32. The lowest BCUT2D eigenvalue weighted by Gasteiger charge is -2.17. The third-order valence-electron chi connectivity index (χ3n) is 2.99. The topological polar surface area (TPSA) is 68.0 Å². The third-order valence-corrected chi connectivity index (χ3v) is 3.28. The van der Waals surface area contributed by atoms with E-state index in [9.17, 15) is 4.79 Å². The number of amides is 1. The van der Waals surface area contributed by atoms with Crippen molar-refractivity contribution in [3.05, 3.63) is 23.0 Å². The molecule has 0 aliphatic carbocycles. The smallest absolute Gasteiger partial charge is 0.224 e. The van der Waals surface area contributed by atoms with Gasteiger partial charge in [-0.1, -0.05) is 25.4 Å². The van der Waals surface area contributed by atoms with Crippen LogP contribution in [-0.2, 0) is 4.79 Å². The maximum atomic E-state index is 12.0. The zero-order chi connectivity index (χ0) is 14.4. The van der Waals surface area contributed by atoms with E-state index in [1.807, 2.05) is 13.0 Å². The van der Waals surface area contributed by atoms with Crippen molar-refractivity contribution in [2.45, 2.75) is 33.6 Å². The van der Waals surface area contributed by atoms with E-state index < -0.39 is 0 Å². The molecule has 1 amide bonds. The van der Waals surface area contributed by atoms with Crippen molar-refractivity contribution in [2.24, 2.45) is 17.6 Å². The lowest BCUT2D eigenvalue weighted by molar-refractivity contribution is -0.117. The summed E-state index contributed by atoms with van der Waals surface area (Å²) >= 11 is 5.98. The number of carbonyl (C=O) groups excluding carboxylic acids is 1. The fraction of sp³-hybridized carbons (Fsp3) is 0.571. The lowest BCUT2D eigenvalue weighted by atomic mass is 9.94. The average molecular weight is 284 g/mol. The molecule has 0 spiro atoms. The Morgan fingerprint density at radius 3 is 2.74 bits per heavy atom. The number of pyridine rings is 1. The summed E-state index contributed by atoms with van der Waals surface area (Å²) in [6, 6.07) is 1.82. The van der Waals surface area contributed by atoms with E-state index in [1.54, 1.807) is 6.20 Å². The minimum atomic E-state index is -0.0610. The summed E-state index contributed by atoms with van der Waals surface area (Å²) in [7, 11) is 0. The first-order valence-electron chi connectivity index (χ1n) is 6.55. The van der Waals surface area contributed by atoms with E-state index in [0.717, 1.165) is 12.0 Å². The summed E-state index contributed by atoms with van der Waals surface area (Å²) in [6.07, 6.45) is 2.98. The molecule has 0 unspecified atom stereocenters. The number of carbonyl (C=O) groups is 1. The molecule has 1 rings (SSSR count). The summed E-state index contributed by atoms with van der Waals surface area (Å²) < 4.78 is 0. The number of aromatic nitrogens is 1. The van der Waals surface area contributed by atoms with Gasteiger partial charge in [0, 0.05) is 12.6 Å². The van der Waals surface area contributed by atoms with Gasteiger partial charge in [0.25, 0.3) is 0 Å². The standard InChI is InChI=1S/C14H22ClN3O/c1-9(2)6-11(8-16)7-12(19)18-13-10(3)4-5-17-14(13)15/h4-5,9,11H,6-8,16H2,1-3H3,(H,18,19)/t11-/m0/s1. The van der Waals surface area contributed by atoms with Crippen LogP contribution in [0.5, 0.6) is 0 Å². The van der Waals surface area contributed by atoms with Crippen LogP contribution in [0.1, 0.15) is 32.3 Å². The normalized spacial score (nSPS) is 12.5. The van der Waals surface area contributed by atoms with Crippen LogP contribution in [0.2, 0.25) is 5.15 Å². The van der Waals surface area contributed by atoms with E-state index >= 15 is 0 Å². The van der Waals surface area contributed by atoms with Crippen molar-refractivity contribution in [3.8, 4) is 0 Å². The highest BCUT2D eigenvalue weighted by Crippen LogP contribution is 2.23. The SMILES string of the molecule is Cc1ccnc(Cl)c1NC(=O)C[C@@H](CN)CC(C)C. The lowest BCUT2D eigenvalue weighted by Crippen LogP contribution is -2.24. The van der Waals surface area contributed by atoms with Crippen LogP contribution in [0.15, 0.2) is 12.3 Å². The molecule has 0 aliphatic heterocycles. The number of aryl methyl sites for hydroxylation is 1. The Morgan fingerprint density at radius 1 is 1.53 bits per heavy atom. The molecular formula is C14H22ClN3O. The van der Waals surface area contributed by atoms with Crippen molar-refractivity contribution in [3.63, 3.8) is 0 Å². The second-order valence-corrected chi connectivity index (χ2v) is 5.64. The number of hydrogen-bond acceptors (Lipinski definition) is 3.